The molecule has 2 rings (SSSR count). The second-order valence-electron chi connectivity index (χ2n) is 5.35. The zero-order valence-corrected chi connectivity index (χ0v) is 13.8. The van der Waals surface area contributed by atoms with E-state index in [0.29, 0.717) is 17.1 Å². The topological polar surface area (TPSA) is 38.3 Å². The number of ether oxygens (including phenoxy) is 1. The summed E-state index contributed by atoms with van der Waals surface area (Å²) in [6, 6.07) is 4.14. The summed E-state index contributed by atoms with van der Waals surface area (Å²) in [6.07, 6.45) is 5.74. The first-order valence-electron chi connectivity index (χ1n) is 7.49. The molecule has 1 N–H and O–H groups in total. The Labute approximate surface area is 133 Å². The van der Waals surface area contributed by atoms with Crippen molar-refractivity contribution in [2.45, 2.75) is 51.1 Å². The lowest BCUT2D eigenvalue weighted by atomic mass is 9.94. The molecule has 0 amide bonds. The molecule has 21 heavy (non-hydrogen) atoms. The summed E-state index contributed by atoms with van der Waals surface area (Å²) >= 11 is 3.34. The molecule has 0 radical (unpaired) electrons. The van der Waals surface area contributed by atoms with Gasteiger partial charge in [-0.05, 0) is 37.5 Å². The molecule has 0 spiro atoms. The summed E-state index contributed by atoms with van der Waals surface area (Å²) in [5.41, 5.74) is 0.723. The van der Waals surface area contributed by atoms with Crippen LogP contribution in [0.5, 0.6) is 0 Å². The van der Waals surface area contributed by atoms with E-state index in [9.17, 15) is 9.18 Å². The van der Waals surface area contributed by atoms with Crippen LogP contribution in [0, 0.1) is 5.82 Å². The molecule has 1 aromatic carbocycles. The van der Waals surface area contributed by atoms with Crippen molar-refractivity contribution in [3.63, 3.8) is 0 Å². The fraction of sp³-hybridized carbons (Fsp3) is 0.562. The third-order valence-corrected chi connectivity index (χ3v) is 4.49. The van der Waals surface area contributed by atoms with E-state index in [2.05, 4.69) is 21.2 Å². The van der Waals surface area contributed by atoms with Crippen LogP contribution in [0.2, 0.25) is 0 Å². The molecule has 0 bridgehead atoms. The van der Waals surface area contributed by atoms with Crippen molar-refractivity contribution in [3.8, 4) is 0 Å². The highest BCUT2D eigenvalue weighted by Crippen LogP contribution is 2.28. The molecule has 0 saturated heterocycles. The maximum Gasteiger partial charge on any atom is 0.327 e. The van der Waals surface area contributed by atoms with Crippen LogP contribution in [0.25, 0.3) is 0 Å². The first-order chi connectivity index (χ1) is 10.1. The van der Waals surface area contributed by atoms with E-state index in [1.807, 2.05) is 0 Å². The van der Waals surface area contributed by atoms with Crippen LogP contribution in [-0.4, -0.2) is 18.6 Å². The summed E-state index contributed by atoms with van der Waals surface area (Å²) in [4.78, 5) is 12.3. The van der Waals surface area contributed by atoms with E-state index in [1.165, 1.54) is 31.4 Å². The van der Waals surface area contributed by atoms with E-state index in [0.717, 1.165) is 18.4 Å². The Morgan fingerprint density at radius 2 is 2.14 bits per heavy atom. The largest absolute Gasteiger partial charge is 0.465 e. The predicted molar refractivity (Wildman–Crippen MR) is 83.5 cm³/mol. The fourth-order valence-electron chi connectivity index (χ4n) is 2.75. The van der Waals surface area contributed by atoms with Crippen molar-refractivity contribution in [1.29, 1.82) is 0 Å². The molecule has 3 nitrogen and oxygen atoms in total. The molecule has 0 aromatic heterocycles. The second-order valence-corrected chi connectivity index (χ2v) is 6.21. The number of nitrogens with one attached hydrogen (secondary N) is 1. The number of hydrogen-bond acceptors (Lipinski definition) is 3. The number of halogens is 2. The molecule has 116 valence electrons. The summed E-state index contributed by atoms with van der Waals surface area (Å²) in [5, 5.41) is 3.39. The zero-order chi connectivity index (χ0) is 15.2. The Morgan fingerprint density at radius 3 is 2.76 bits per heavy atom. The Hall–Kier alpha value is -0.940. The van der Waals surface area contributed by atoms with Gasteiger partial charge in [-0.3, -0.25) is 5.32 Å². The Bertz CT molecular complexity index is 489. The normalized spacial score (nSPS) is 17.5. The number of esters is 1. The predicted octanol–water partition coefficient (Wildman–Crippen LogP) is 4.11. The monoisotopic (exact) mass is 357 g/mol. The molecule has 5 heteroatoms. The van der Waals surface area contributed by atoms with Gasteiger partial charge in [-0.15, -0.1) is 0 Å². The van der Waals surface area contributed by atoms with Gasteiger partial charge in [0.15, 0.2) is 0 Å². The maximum atomic E-state index is 13.3. The van der Waals surface area contributed by atoms with Crippen molar-refractivity contribution >= 4 is 21.9 Å². The van der Waals surface area contributed by atoms with Crippen LogP contribution in [0.3, 0.4) is 0 Å². The quantitative estimate of drug-likeness (QED) is 0.805. The highest BCUT2D eigenvalue weighted by molar-refractivity contribution is 9.10. The Morgan fingerprint density at radius 1 is 1.43 bits per heavy atom. The number of carbonyl (C=O) groups is 1. The van der Waals surface area contributed by atoms with E-state index >= 15 is 0 Å². The minimum absolute atomic E-state index is 0.310. The number of hydrogen-bond donors (Lipinski definition) is 1. The highest BCUT2D eigenvalue weighted by Gasteiger charge is 2.27. The number of rotatable bonds is 5. The van der Waals surface area contributed by atoms with Crippen LogP contribution in [0.15, 0.2) is 22.7 Å². The van der Waals surface area contributed by atoms with Gasteiger partial charge in [0, 0.05) is 10.5 Å². The standard InChI is InChI=1S/C16H21BrFNO2/c1-2-21-16(20)15(19-12-6-4-3-5-7-12)13-9-8-11(18)10-14(13)17/h8-10,12,15,19H,2-7H2,1H3. The van der Waals surface area contributed by atoms with Crippen molar-refractivity contribution in [2.24, 2.45) is 0 Å². The van der Waals surface area contributed by atoms with Gasteiger partial charge in [0.05, 0.1) is 6.61 Å². The second kappa shape index (κ2) is 7.90. The molecule has 1 atom stereocenters. The Kier molecular flexibility index (Phi) is 6.18. The molecule has 1 aliphatic carbocycles. The summed E-state index contributed by atoms with van der Waals surface area (Å²) in [5.74, 6) is -0.638. The lowest BCUT2D eigenvalue weighted by molar-refractivity contribution is -0.146. The number of benzene rings is 1. The van der Waals surface area contributed by atoms with E-state index in [-0.39, 0.29) is 11.8 Å². The summed E-state index contributed by atoms with van der Waals surface area (Å²) in [7, 11) is 0. The Balaban J connectivity index is 2.19. The van der Waals surface area contributed by atoms with Crippen LogP contribution in [0.1, 0.15) is 50.6 Å². The molecular formula is C16H21BrFNO2. The van der Waals surface area contributed by atoms with Gasteiger partial charge in [0.25, 0.3) is 0 Å². The lowest BCUT2D eigenvalue weighted by Gasteiger charge is -2.28. The van der Waals surface area contributed by atoms with Gasteiger partial charge in [-0.1, -0.05) is 41.3 Å². The molecule has 1 unspecified atom stereocenters. The molecule has 0 heterocycles. The molecule has 1 aromatic rings. The van der Waals surface area contributed by atoms with Crippen LogP contribution in [-0.2, 0) is 9.53 Å². The van der Waals surface area contributed by atoms with Gasteiger partial charge in [-0.25, -0.2) is 9.18 Å². The molecule has 1 fully saturated rings. The van der Waals surface area contributed by atoms with Crippen molar-refractivity contribution in [2.75, 3.05) is 6.61 Å². The smallest absolute Gasteiger partial charge is 0.327 e. The van der Waals surface area contributed by atoms with Gasteiger partial charge in [0.2, 0.25) is 0 Å². The van der Waals surface area contributed by atoms with Crippen molar-refractivity contribution in [1.82, 2.24) is 5.32 Å². The summed E-state index contributed by atoms with van der Waals surface area (Å²) < 4.78 is 19.0. The average molecular weight is 358 g/mol. The minimum Gasteiger partial charge on any atom is -0.465 e. The van der Waals surface area contributed by atoms with E-state index in [1.54, 1.807) is 13.0 Å². The molecular weight excluding hydrogens is 337 g/mol. The molecule has 1 saturated carbocycles. The van der Waals surface area contributed by atoms with Crippen molar-refractivity contribution < 1.29 is 13.9 Å². The zero-order valence-electron chi connectivity index (χ0n) is 12.2. The average Bonchev–Trinajstić information content (AvgIpc) is 2.47. The molecule has 1 aliphatic rings. The minimum atomic E-state index is -0.553. The van der Waals surface area contributed by atoms with Gasteiger partial charge < -0.3 is 4.74 Å². The van der Waals surface area contributed by atoms with Crippen LogP contribution in [0.4, 0.5) is 4.39 Å². The first-order valence-corrected chi connectivity index (χ1v) is 8.28. The fourth-order valence-corrected chi connectivity index (χ4v) is 3.33. The van der Waals surface area contributed by atoms with Gasteiger partial charge in [0.1, 0.15) is 11.9 Å². The van der Waals surface area contributed by atoms with E-state index < -0.39 is 6.04 Å². The van der Waals surface area contributed by atoms with Gasteiger partial charge in [-0.2, -0.15) is 0 Å². The highest BCUT2D eigenvalue weighted by atomic mass is 79.9. The molecule has 0 aliphatic heterocycles. The van der Waals surface area contributed by atoms with E-state index in [4.69, 9.17) is 4.74 Å². The number of carbonyl (C=O) groups excluding carboxylic acids is 1. The maximum absolute atomic E-state index is 13.3. The SMILES string of the molecule is CCOC(=O)C(NC1CCCCC1)c1ccc(F)cc1Br. The third-order valence-electron chi connectivity index (χ3n) is 3.80. The van der Waals surface area contributed by atoms with Gasteiger partial charge >= 0.3 is 5.97 Å². The third kappa shape index (κ3) is 4.51. The van der Waals surface area contributed by atoms with Crippen LogP contribution < -0.4 is 5.32 Å². The summed E-state index contributed by atoms with van der Waals surface area (Å²) in [6.45, 7) is 2.12. The van der Waals surface area contributed by atoms with Crippen molar-refractivity contribution in [3.05, 3.63) is 34.1 Å². The first kappa shape index (κ1) is 16.4. The lowest BCUT2D eigenvalue weighted by Crippen LogP contribution is -2.39. The van der Waals surface area contributed by atoms with Crippen LogP contribution >= 0.6 is 15.9 Å².